The van der Waals surface area contributed by atoms with E-state index in [-0.39, 0.29) is 25.0 Å². The average molecular weight is 557 g/mol. The van der Waals surface area contributed by atoms with Crippen molar-refractivity contribution in [2.75, 3.05) is 33.0 Å². The highest BCUT2D eigenvalue weighted by Crippen LogP contribution is 2.15. The molecule has 0 saturated carbocycles. The number of carbonyl (C=O) groups excluding carboxylic acids is 2. The first-order valence-electron chi connectivity index (χ1n) is 14.1. The van der Waals surface area contributed by atoms with Crippen LogP contribution in [0.15, 0.2) is 60.7 Å². The van der Waals surface area contributed by atoms with Gasteiger partial charge in [-0.1, -0.05) is 60.7 Å². The van der Waals surface area contributed by atoms with Crippen molar-refractivity contribution in [3.63, 3.8) is 0 Å². The van der Waals surface area contributed by atoms with Gasteiger partial charge in [-0.05, 0) is 59.1 Å². The number of hydrogen-bond donors (Lipinski definition) is 1. The molecular formula is C32H48N2O6. The van der Waals surface area contributed by atoms with Gasteiger partial charge in [0.05, 0.1) is 32.3 Å². The number of amides is 1. The van der Waals surface area contributed by atoms with E-state index in [0.717, 1.165) is 13.1 Å². The molecule has 0 radical (unpaired) electrons. The molecule has 0 bridgehead atoms. The monoisotopic (exact) mass is 556 g/mol. The topological polar surface area (TPSA) is 86.3 Å². The minimum atomic E-state index is -0.530. The van der Waals surface area contributed by atoms with Gasteiger partial charge in [-0.15, -0.1) is 0 Å². The van der Waals surface area contributed by atoms with Crippen molar-refractivity contribution in [2.24, 2.45) is 0 Å². The van der Waals surface area contributed by atoms with Crippen molar-refractivity contribution < 1.29 is 28.5 Å². The maximum absolute atomic E-state index is 12.1. The zero-order valence-electron chi connectivity index (χ0n) is 25.1. The van der Waals surface area contributed by atoms with Crippen LogP contribution in [0.4, 0.5) is 4.79 Å². The summed E-state index contributed by atoms with van der Waals surface area (Å²) in [6.07, 6.45) is 0.419. The molecule has 222 valence electrons. The Morgan fingerprint density at radius 2 is 1.25 bits per heavy atom. The maximum atomic E-state index is 12.1. The van der Waals surface area contributed by atoms with E-state index in [4.69, 9.17) is 18.9 Å². The molecular weight excluding hydrogens is 508 g/mol. The van der Waals surface area contributed by atoms with Crippen LogP contribution in [-0.4, -0.2) is 67.2 Å². The van der Waals surface area contributed by atoms with Crippen LogP contribution < -0.4 is 5.32 Å². The summed E-state index contributed by atoms with van der Waals surface area (Å²) >= 11 is 0. The molecule has 2 aromatic rings. The Kier molecular flexibility index (Phi) is 14.1. The number of esters is 1. The van der Waals surface area contributed by atoms with Crippen LogP contribution in [0, 0.1) is 0 Å². The van der Waals surface area contributed by atoms with Gasteiger partial charge in [-0.2, -0.15) is 0 Å². The molecule has 0 aliphatic rings. The molecule has 2 aromatic carbocycles. The standard InChI is InChI=1S/C32H48N2O6/c1-31(2,3)39-29(35)18-21-38-25-28(24-37-20-13-19-33-30(36)40-32(4,5)6)34(22-26-14-9-7-10-15-26)23-27-16-11-8-12-17-27/h7-12,14-17,28H,13,18-25H2,1-6H3,(H,33,36). The lowest BCUT2D eigenvalue weighted by molar-refractivity contribution is -0.156. The van der Waals surface area contributed by atoms with Gasteiger partial charge in [0.1, 0.15) is 11.2 Å². The van der Waals surface area contributed by atoms with Crippen LogP contribution in [0.5, 0.6) is 0 Å². The molecule has 0 heterocycles. The summed E-state index contributed by atoms with van der Waals surface area (Å²) in [6.45, 7) is 14.6. The molecule has 1 amide bonds. The first-order chi connectivity index (χ1) is 18.9. The molecule has 0 aliphatic carbocycles. The first-order valence-corrected chi connectivity index (χ1v) is 14.1. The van der Waals surface area contributed by atoms with Crippen LogP contribution in [0.1, 0.15) is 65.5 Å². The van der Waals surface area contributed by atoms with Crippen molar-refractivity contribution in [2.45, 2.75) is 84.7 Å². The number of rotatable bonds is 16. The summed E-state index contributed by atoms with van der Waals surface area (Å²) in [6, 6.07) is 20.6. The van der Waals surface area contributed by atoms with E-state index in [1.54, 1.807) is 0 Å². The number of carbonyl (C=O) groups is 2. The number of ether oxygens (including phenoxy) is 4. The van der Waals surface area contributed by atoms with Gasteiger partial charge in [0, 0.05) is 26.2 Å². The van der Waals surface area contributed by atoms with E-state index in [1.165, 1.54) is 11.1 Å². The Bertz CT molecular complexity index is 944. The third-order valence-electron chi connectivity index (χ3n) is 5.60. The van der Waals surface area contributed by atoms with Gasteiger partial charge in [0.15, 0.2) is 0 Å². The third-order valence-corrected chi connectivity index (χ3v) is 5.60. The van der Waals surface area contributed by atoms with Gasteiger partial charge < -0.3 is 24.3 Å². The van der Waals surface area contributed by atoms with Crippen LogP contribution in [0.25, 0.3) is 0 Å². The first kappa shape index (κ1) is 33.3. The highest BCUT2D eigenvalue weighted by molar-refractivity contribution is 5.69. The second-order valence-corrected chi connectivity index (χ2v) is 11.8. The minimum Gasteiger partial charge on any atom is -0.460 e. The Morgan fingerprint density at radius 1 is 0.750 bits per heavy atom. The second kappa shape index (κ2) is 17.0. The highest BCUT2D eigenvalue weighted by atomic mass is 16.6. The Hall–Kier alpha value is -2.94. The summed E-state index contributed by atoms with van der Waals surface area (Å²) < 4.78 is 22.8. The number of hydrogen-bond acceptors (Lipinski definition) is 7. The van der Waals surface area contributed by atoms with Crippen molar-refractivity contribution >= 4 is 12.1 Å². The zero-order valence-corrected chi connectivity index (χ0v) is 25.1. The van der Waals surface area contributed by atoms with Gasteiger partial charge in [0.2, 0.25) is 0 Å². The SMILES string of the molecule is CC(C)(C)OC(=O)CCOCC(COCCCNC(=O)OC(C)(C)C)N(Cc1ccccc1)Cc1ccccc1. The Labute approximate surface area is 240 Å². The molecule has 0 saturated heterocycles. The molecule has 8 heteroatoms. The number of alkyl carbamates (subject to hydrolysis) is 1. The lowest BCUT2D eigenvalue weighted by Gasteiger charge is -2.32. The molecule has 40 heavy (non-hydrogen) atoms. The predicted octanol–water partition coefficient (Wildman–Crippen LogP) is 5.74. The number of nitrogens with one attached hydrogen (secondary N) is 1. The van der Waals surface area contributed by atoms with Gasteiger partial charge in [-0.3, -0.25) is 9.69 Å². The van der Waals surface area contributed by atoms with Gasteiger partial charge in [-0.25, -0.2) is 4.79 Å². The molecule has 1 unspecified atom stereocenters. The maximum Gasteiger partial charge on any atom is 0.407 e. The molecule has 2 rings (SSSR count). The predicted molar refractivity (Wildman–Crippen MR) is 157 cm³/mol. The number of benzene rings is 2. The van der Waals surface area contributed by atoms with Crippen molar-refractivity contribution in [1.82, 2.24) is 10.2 Å². The summed E-state index contributed by atoms with van der Waals surface area (Å²) in [7, 11) is 0. The third kappa shape index (κ3) is 15.6. The van der Waals surface area contributed by atoms with E-state index in [9.17, 15) is 9.59 Å². The fourth-order valence-corrected chi connectivity index (χ4v) is 3.87. The quantitative estimate of drug-likeness (QED) is 0.209. The fraction of sp³-hybridized carbons (Fsp3) is 0.562. The van der Waals surface area contributed by atoms with E-state index >= 15 is 0 Å². The lowest BCUT2D eigenvalue weighted by Crippen LogP contribution is -2.41. The molecule has 1 N–H and O–H groups in total. The van der Waals surface area contributed by atoms with Crippen molar-refractivity contribution in [3.05, 3.63) is 71.8 Å². The molecule has 0 spiro atoms. The molecule has 0 aliphatic heterocycles. The highest BCUT2D eigenvalue weighted by Gasteiger charge is 2.22. The molecule has 0 fully saturated rings. The smallest absolute Gasteiger partial charge is 0.407 e. The normalized spacial score (nSPS) is 12.7. The van der Waals surface area contributed by atoms with Crippen molar-refractivity contribution in [3.8, 4) is 0 Å². The van der Waals surface area contributed by atoms with Crippen LogP contribution in [0.3, 0.4) is 0 Å². The molecule has 8 nitrogen and oxygen atoms in total. The Balaban J connectivity index is 1.99. The molecule has 0 aromatic heterocycles. The van der Waals surface area contributed by atoms with Crippen LogP contribution >= 0.6 is 0 Å². The Morgan fingerprint density at radius 3 is 1.75 bits per heavy atom. The van der Waals surface area contributed by atoms with Crippen LogP contribution in [0.2, 0.25) is 0 Å². The summed E-state index contributed by atoms with van der Waals surface area (Å²) in [5, 5.41) is 2.76. The summed E-state index contributed by atoms with van der Waals surface area (Å²) in [5.41, 5.74) is 1.34. The van der Waals surface area contributed by atoms with Crippen LogP contribution in [-0.2, 0) is 36.8 Å². The van der Waals surface area contributed by atoms with Gasteiger partial charge in [0.25, 0.3) is 0 Å². The second-order valence-electron chi connectivity index (χ2n) is 11.8. The van der Waals surface area contributed by atoms with Crippen molar-refractivity contribution in [1.29, 1.82) is 0 Å². The van der Waals surface area contributed by atoms with E-state index in [0.29, 0.717) is 32.8 Å². The summed E-state index contributed by atoms with van der Waals surface area (Å²) in [4.78, 5) is 26.4. The van der Waals surface area contributed by atoms with E-state index in [1.807, 2.05) is 77.9 Å². The molecule has 1 atom stereocenters. The van der Waals surface area contributed by atoms with E-state index < -0.39 is 17.3 Å². The summed E-state index contributed by atoms with van der Waals surface area (Å²) in [5.74, 6) is -0.275. The van der Waals surface area contributed by atoms with E-state index in [2.05, 4.69) is 34.5 Å². The minimum absolute atomic E-state index is 0.0575. The van der Waals surface area contributed by atoms with Gasteiger partial charge >= 0.3 is 12.1 Å². The zero-order chi connectivity index (χ0) is 29.4. The average Bonchev–Trinajstić information content (AvgIpc) is 2.86. The number of nitrogens with zero attached hydrogens (tertiary/aromatic N) is 1. The lowest BCUT2D eigenvalue weighted by atomic mass is 10.1. The fourth-order valence-electron chi connectivity index (χ4n) is 3.87. The largest absolute Gasteiger partial charge is 0.460 e.